The van der Waals surface area contributed by atoms with Crippen molar-refractivity contribution in [3.63, 3.8) is 0 Å². The van der Waals surface area contributed by atoms with Crippen molar-refractivity contribution in [2.24, 2.45) is 5.41 Å². The van der Waals surface area contributed by atoms with Crippen LogP contribution < -0.4 is 0 Å². The molecule has 0 unspecified atom stereocenters. The summed E-state index contributed by atoms with van der Waals surface area (Å²) in [6.45, 7) is -0.640. The molecule has 0 saturated carbocycles. The lowest BCUT2D eigenvalue weighted by Crippen LogP contribution is -2.44. The highest BCUT2D eigenvalue weighted by molar-refractivity contribution is 14.3. The van der Waals surface area contributed by atoms with Crippen LogP contribution in [-0.4, -0.2) is 34.6 Å². The Morgan fingerprint density at radius 1 is 0.818 bits per heavy atom. The van der Waals surface area contributed by atoms with E-state index in [4.69, 9.17) is 15.3 Å². The zero-order valence-electron chi connectivity index (χ0n) is 5.60. The predicted octanol–water partition coefficient (Wildman–Crippen LogP) is 0.908. The summed E-state index contributed by atoms with van der Waals surface area (Å²) in [5.74, 6) is 0. The van der Waals surface area contributed by atoms with Gasteiger partial charge in [-0.2, -0.15) is 0 Å². The van der Waals surface area contributed by atoms with Crippen LogP contribution in [0.25, 0.3) is 0 Å². The molecule has 0 spiro atoms. The zero-order valence-corrected chi connectivity index (χ0v) is 12.1. The van der Waals surface area contributed by atoms with Crippen LogP contribution in [-0.2, 0) is 0 Å². The van der Waals surface area contributed by atoms with Gasteiger partial charge in [-0.1, -0.05) is 67.8 Å². The van der Waals surface area contributed by atoms with E-state index in [1.165, 1.54) is 0 Å². The van der Waals surface area contributed by atoms with Gasteiger partial charge in [0.15, 0.2) is 0 Å². The van der Waals surface area contributed by atoms with Crippen molar-refractivity contribution in [2.75, 3.05) is 19.8 Å². The molecule has 68 valence electrons. The fourth-order valence-electron chi connectivity index (χ4n) is 0.419. The number of halogens is 3. The summed E-state index contributed by atoms with van der Waals surface area (Å²) in [6.07, 6.45) is 0. The van der Waals surface area contributed by atoms with E-state index >= 15 is 0 Å². The molecule has 0 aliphatic carbocycles. The number of aliphatic hydroxyl groups excluding tert-OH is 3. The number of alkyl halides is 3. The van der Waals surface area contributed by atoms with Crippen LogP contribution in [0.5, 0.6) is 0 Å². The maximum absolute atomic E-state index is 8.98. The van der Waals surface area contributed by atoms with Gasteiger partial charge in [0, 0.05) is 0 Å². The van der Waals surface area contributed by atoms with Gasteiger partial charge >= 0.3 is 0 Å². The molecule has 0 aliphatic heterocycles. The van der Waals surface area contributed by atoms with Crippen LogP contribution in [0.3, 0.4) is 0 Å². The van der Waals surface area contributed by atoms with E-state index in [1.807, 2.05) is 0 Å². The van der Waals surface area contributed by atoms with Crippen LogP contribution in [0.2, 0.25) is 0 Å². The smallest absolute Gasteiger partial charge is 0.136 e. The molecule has 0 aromatic heterocycles. The van der Waals surface area contributed by atoms with Gasteiger partial charge in [0.25, 0.3) is 0 Å². The van der Waals surface area contributed by atoms with Crippen LogP contribution in [0.15, 0.2) is 0 Å². The summed E-state index contributed by atoms with van der Waals surface area (Å²) in [6, 6.07) is 0. The maximum Gasteiger partial charge on any atom is 0.136 e. The van der Waals surface area contributed by atoms with Gasteiger partial charge in [0.2, 0.25) is 0 Å². The van der Waals surface area contributed by atoms with Crippen LogP contribution in [0.4, 0.5) is 0 Å². The van der Waals surface area contributed by atoms with Crippen molar-refractivity contribution in [2.45, 2.75) is -0.565 Å². The fourth-order valence-corrected chi connectivity index (χ4v) is 1.95. The highest BCUT2D eigenvalue weighted by Crippen LogP contribution is 2.50. The first kappa shape index (κ1) is 13.1. The van der Waals surface area contributed by atoms with Crippen molar-refractivity contribution in [1.29, 1.82) is 0 Å². The molecule has 11 heavy (non-hydrogen) atoms. The van der Waals surface area contributed by atoms with Crippen LogP contribution >= 0.6 is 67.8 Å². The lowest BCUT2D eigenvalue weighted by atomic mass is 9.95. The number of hydrogen-bond acceptors (Lipinski definition) is 3. The Kier molecular flexibility index (Phi) is 6.03. The Morgan fingerprint density at radius 2 is 1.09 bits per heavy atom. The Morgan fingerprint density at radius 3 is 1.09 bits per heavy atom. The molecule has 0 atom stereocenters. The second-order valence-corrected chi connectivity index (χ2v) is 13.3. The monoisotopic (exact) mass is 498 g/mol. The van der Waals surface area contributed by atoms with Crippen molar-refractivity contribution in [1.82, 2.24) is 0 Å². The second-order valence-electron chi connectivity index (χ2n) is 2.25. The fraction of sp³-hybridized carbons (Fsp3) is 1.00. The molecule has 0 heterocycles. The third kappa shape index (κ3) is 3.04. The summed E-state index contributed by atoms with van der Waals surface area (Å²) < 4.78 is -0.376. The summed E-state index contributed by atoms with van der Waals surface area (Å²) in [7, 11) is 0. The molecule has 0 rings (SSSR count). The van der Waals surface area contributed by atoms with E-state index in [0.717, 1.165) is 0 Å². The van der Waals surface area contributed by atoms with E-state index in [0.29, 0.717) is 0 Å². The standard InChI is InChI=1S/C5H9I3O3/c6-5(7,8)4(1-9,2-10)3-11/h9-11H,1-3H2. The molecule has 6 heteroatoms. The highest BCUT2D eigenvalue weighted by atomic mass is 127. The van der Waals surface area contributed by atoms with Gasteiger partial charge in [-0.3, -0.25) is 0 Å². The van der Waals surface area contributed by atoms with Crippen molar-refractivity contribution >= 4 is 67.8 Å². The first-order chi connectivity index (χ1) is 4.93. The van der Waals surface area contributed by atoms with Gasteiger partial charge in [0.1, 0.15) is -0.565 Å². The molecule has 0 amide bonds. The number of rotatable bonds is 4. The highest BCUT2D eigenvalue weighted by Gasteiger charge is 2.45. The van der Waals surface area contributed by atoms with Gasteiger partial charge in [-0.05, 0) is 0 Å². The summed E-state index contributed by atoms with van der Waals surface area (Å²) >= 11 is 6.25. The average Bonchev–Trinajstić information content (AvgIpc) is 1.90. The molecule has 3 nitrogen and oxygen atoms in total. The molecule has 0 bridgehead atoms. The van der Waals surface area contributed by atoms with E-state index in [9.17, 15) is 0 Å². The average molecular weight is 498 g/mol. The third-order valence-corrected chi connectivity index (χ3v) is 4.94. The van der Waals surface area contributed by atoms with Gasteiger partial charge in [-0.25, -0.2) is 0 Å². The SMILES string of the molecule is OCC(CO)(CO)C(I)(I)I. The molecule has 0 aromatic rings. The minimum Gasteiger partial charge on any atom is -0.396 e. The van der Waals surface area contributed by atoms with Crippen molar-refractivity contribution in [3.05, 3.63) is 0 Å². The molecule has 0 aromatic carbocycles. The predicted molar refractivity (Wildman–Crippen MR) is 68.5 cm³/mol. The summed E-state index contributed by atoms with van der Waals surface area (Å²) in [5.41, 5.74) is -0.811. The van der Waals surface area contributed by atoms with Gasteiger partial charge in [0.05, 0.1) is 25.2 Å². The quantitative estimate of drug-likeness (QED) is 0.400. The van der Waals surface area contributed by atoms with E-state index in [1.54, 1.807) is 0 Å². The molecule has 3 N–H and O–H groups in total. The number of hydrogen-bond donors (Lipinski definition) is 3. The van der Waals surface area contributed by atoms with Gasteiger partial charge < -0.3 is 15.3 Å². The van der Waals surface area contributed by atoms with Gasteiger partial charge in [-0.15, -0.1) is 0 Å². The molecular weight excluding hydrogens is 489 g/mol. The Balaban J connectivity index is 4.54. The maximum atomic E-state index is 8.98. The van der Waals surface area contributed by atoms with Crippen molar-refractivity contribution < 1.29 is 15.3 Å². The van der Waals surface area contributed by atoms with E-state index in [-0.39, 0.29) is 19.3 Å². The van der Waals surface area contributed by atoms with Crippen LogP contribution in [0, 0.1) is 5.41 Å². The van der Waals surface area contributed by atoms with E-state index in [2.05, 4.69) is 67.8 Å². The molecule has 0 radical (unpaired) electrons. The lowest BCUT2D eigenvalue weighted by Gasteiger charge is -2.35. The Hall–Kier alpha value is 2.07. The molecule has 0 saturated heterocycles. The number of aliphatic hydroxyl groups is 3. The summed E-state index contributed by atoms with van der Waals surface area (Å²) in [4.78, 5) is 0. The third-order valence-electron chi connectivity index (χ3n) is 1.51. The minimum atomic E-state index is -0.811. The normalized spacial score (nSPS) is 13.6. The van der Waals surface area contributed by atoms with Crippen LogP contribution in [0.1, 0.15) is 0 Å². The molecule has 0 aliphatic rings. The molecular formula is C5H9I3O3. The van der Waals surface area contributed by atoms with E-state index < -0.39 is 5.41 Å². The molecule has 0 fully saturated rings. The first-order valence-electron chi connectivity index (χ1n) is 2.83. The topological polar surface area (TPSA) is 60.7 Å². The Labute approximate surface area is 106 Å². The first-order valence-corrected chi connectivity index (χ1v) is 6.06. The second kappa shape index (κ2) is 5.08. The Bertz CT molecular complexity index is 110. The summed E-state index contributed by atoms with van der Waals surface area (Å²) in [5, 5.41) is 26.9. The lowest BCUT2D eigenvalue weighted by molar-refractivity contribution is 0.0206. The largest absolute Gasteiger partial charge is 0.396 e. The van der Waals surface area contributed by atoms with Crippen molar-refractivity contribution in [3.8, 4) is 0 Å². The minimum absolute atomic E-state index is 0.213. The zero-order chi connectivity index (χ0) is 9.12.